The summed E-state index contributed by atoms with van der Waals surface area (Å²) < 4.78 is 7.00. The lowest BCUT2D eigenvalue weighted by molar-refractivity contribution is 0.386. The minimum Gasteiger partial charge on any atom is -0.340 e. The van der Waals surface area contributed by atoms with Crippen molar-refractivity contribution < 1.29 is 4.52 Å². The van der Waals surface area contributed by atoms with E-state index >= 15 is 0 Å². The van der Waals surface area contributed by atoms with Crippen molar-refractivity contribution in [2.24, 2.45) is 5.73 Å². The summed E-state index contributed by atoms with van der Waals surface area (Å²) in [6.45, 7) is 2.50. The Bertz CT molecular complexity index is 704. The number of hydrogen-bond acceptors (Lipinski definition) is 5. The van der Waals surface area contributed by atoms with E-state index in [4.69, 9.17) is 10.3 Å². The van der Waals surface area contributed by atoms with Gasteiger partial charge < -0.3 is 14.8 Å². The van der Waals surface area contributed by atoms with Crippen molar-refractivity contribution in [2.75, 3.05) is 0 Å². The molecule has 2 N–H and O–H groups in total. The minimum atomic E-state index is -0.194. The average Bonchev–Trinajstić information content (AvgIpc) is 3.14. The van der Waals surface area contributed by atoms with E-state index in [1.165, 1.54) is 0 Å². The molecule has 6 heteroatoms. The molecule has 0 bridgehead atoms. The molecule has 0 aliphatic rings. The van der Waals surface area contributed by atoms with E-state index in [0.717, 1.165) is 17.8 Å². The third-order valence-corrected chi connectivity index (χ3v) is 3.37. The molecule has 0 aliphatic carbocycles. The molecule has 3 aromatic rings. The second-order valence-electron chi connectivity index (χ2n) is 4.88. The van der Waals surface area contributed by atoms with Crippen LogP contribution in [0.25, 0.3) is 0 Å². The van der Waals surface area contributed by atoms with E-state index in [0.29, 0.717) is 18.1 Å². The molecule has 21 heavy (non-hydrogen) atoms. The Hall–Kier alpha value is -2.47. The highest BCUT2D eigenvalue weighted by Gasteiger charge is 2.14. The van der Waals surface area contributed by atoms with Crippen LogP contribution in [0.4, 0.5) is 0 Å². The average molecular weight is 283 g/mol. The molecule has 0 saturated carbocycles. The van der Waals surface area contributed by atoms with Crippen LogP contribution in [0.3, 0.4) is 0 Å². The number of nitrogens with zero attached hydrogens (tertiary/aromatic N) is 4. The molecule has 0 aliphatic heterocycles. The van der Waals surface area contributed by atoms with E-state index in [1.807, 2.05) is 34.9 Å². The topological polar surface area (TPSA) is 82.8 Å². The summed E-state index contributed by atoms with van der Waals surface area (Å²) in [6, 6.07) is 9.79. The van der Waals surface area contributed by atoms with E-state index in [9.17, 15) is 0 Å². The Morgan fingerprint density at radius 2 is 2.10 bits per heavy atom. The SMILES string of the molecule is Cc1nc(CCn2cncc2C(N)c2ccccc2)no1. The van der Waals surface area contributed by atoms with E-state index in [2.05, 4.69) is 15.1 Å². The molecular formula is C15H17N5O. The predicted octanol–water partition coefficient (Wildman–Crippen LogP) is 1.87. The molecular weight excluding hydrogens is 266 g/mol. The normalized spacial score (nSPS) is 12.5. The second-order valence-corrected chi connectivity index (χ2v) is 4.88. The predicted molar refractivity (Wildman–Crippen MR) is 77.4 cm³/mol. The van der Waals surface area contributed by atoms with Gasteiger partial charge in [0, 0.05) is 19.9 Å². The molecule has 2 heterocycles. The van der Waals surface area contributed by atoms with Crippen LogP contribution in [0, 0.1) is 6.92 Å². The van der Waals surface area contributed by atoms with E-state index < -0.39 is 0 Å². The highest BCUT2D eigenvalue weighted by Crippen LogP contribution is 2.19. The van der Waals surface area contributed by atoms with Crippen LogP contribution in [0.2, 0.25) is 0 Å². The van der Waals surface area contributed by atoms with Crippen LogP contribution in [0.15, 0.2) is 47.4 Å². The number of aryl methyl sites for hydroxylation is 3. The highest BCUT2D eigenvalue weighted by atomic mass is 16.5. The van der Waals surface area contributed by atoms with Gasteiger partial charge in [0.05, 0.1) is 24.3 Å². The number of rotatable bonds is 5. The number of hydrogen-bond donors (Lipinski definition) is 1. The number of aromatic nitrogens is 4. The molecule has 1 atom stereocenters. The first-order valence-electron chi connectivity index (χ1n) is 6.84. The third kappa shape index (κ3) is 3.00. The van der Waals surface area contributed by atoms with Gasteiger partial charge in [-0.15, -0.1) is 0 Å². The van der Waals surface area contributed by atoms with Gasteiger partial charge in [0.1, 0.15) is 0 Å². The van der Waals surface area contributed by atoms with Gasteiger partial charge in [0.25, 0.3) is 0 Å². The van der Waals surface area contributed by atoms with Crippen molar-refractivity contribution in [1.82, 2.24) is 19.7 Å². The van der Waals surface area contributed by atoms with E-state index in [-0.39, 0.29) is 6.04 Å². The minimum absolute atomic E-state index is 0.194. The molecule has 108 valence electrons. The Balaban J connectivity index is 1.74. The number of benzene rings is 1. The third-order valence-electron chi connectivity index (χ3n) is 3.37. The first-order chi connectivity index (χ1) is 10.2. The zero-order chi connectivity index (χ0) is 14.7. The first kappa shape index (κ1) is 13.5. The van der Waals surface area contributed by atoms with Crippen LogP contribution in [-0.2, 0) is 13.0 Å². The summed E-state index contributed by atoms with van der Waals surface area (Å²) in [5.41, 5.74) is 8.36. The highest BCUT2D eigenvalue weighted by molar-refractivity contribution is 5.26. The zero-order valence-electron chi connectivity index (χ0n) is 11.8. The quantitative estimate of drug-likeness (QED) is 0.772. The van der Waals surface area contributed by atoms with Crippen LogP contribution in [-0.4, -0.2) is 19.7 Å². The smallest absolute Gasteiger partial charge is 0.223 e. The van der Waals surface area contributed by atoms with E-state index in [1.54, 1.807) is 19.4 Å². The maximum atomic E-state index is 6.32. The van der Waals surface area contributed by atoms with Gasteiger partial charge in [-0.1, -0.05) is 35.5 Å². The Kier molecular flexibility index (Phi) is 3.79. The fourth-order valence-electron chi connectivity index (χ4n) is 2.27. The van der Waals surface area contributed by atoms with Gasteiger partial charge in [-0.2, -0.15) is 4.98 Å². The van der Waals surface area contributed by atoms with Crippen LogP contribution >= 0.6 is 0 Å². The van der Waals surface area contributed by atoms with Crippen molar-refractivity contribution >= 4 is 0 Å². The Morgan fingerprint density at radius 3 is 2.81 bits per heavy atom. The molecule has 6 nitrogen and oxygen atoms in total. The molecule has 0 spiro atoms. The lowest BCUT2D eigenvalue weighted by Gasteiger charge is -2.14. The number of nitrogens with two attached hydrogens (primary N) is 1. The second kappa shape index (κ2) is 5.88. The molecule has 1 unspecified atom stereocenters. The molecule has 3 rings (SSSR count). The summed E-state index contributed by atoms with van der Waals surface area (Å²) in [6.07, 6.45) is 4.27. The summed E-state index contributed by atoms with van der Waals surface area (Å²) in [5, 5.41) is 3.90. The first-order valence-corrected chi connectivity index (χ1v) is 6.84. The number of imidazole rings is 1. The van der Waals surface area contributed by atoms with Gasteiger partial charge in [-0.25, -0.2) is 4.98 Å². The monoisotopic (exact) mass is 283 g/mol. The summed E-state index contributed by atoms with van der Waals surface area (Å²) >= 11 is 0. The van der Waals surface area contributed by atoms with Crippen LogP contribution in [0.5, 0.6) is 0 Å². The lowest BCUT2D eigenvalue weighted by atomic mass is 10.1. The van der Waals surface area contributed by atoms with Gasteiger partial charge in [0.15, 0.2) is 5.82 Å². The van der Waals surface area contributed by atoms with Gasteiger partial charge >= 0.3 is 0 Å². The lowest BCUT2D eigenvalue weighted by Crippen LogP contribution is -2.17. The molecule has 0 saturated heterocycles. The van der Waals surface area contributed by atoms with Crippen molar-refractivity contribution in [3.8, 4) is 0 Å². The summed E-state index contributed by atoms with van der Waals surface area (Å²) in [4.78, 5) is 8.40. The largest absolute Gasteiger partial charge is 0.340 e. The Labute approximate surface area is 122 Å². The fourth-order valence-corrected chi connectivity index (χ4v) is 2.27. The zero-order valence-corrected chi connectivity index (χ0v) is 11.8. The van der Waals surface area contributed by atoms with Crippen molar-refractivity contribution in [1.29, 1.82) is 0 Å². The summed E-state index contributed by atoms with van der Waals surface area (Å²) in [5.74, 6) is 1.28. The Morgan fingerprint density at radius 1 is 1.29 bits per heavy atom. The van der Waals surface area contributed by atoms with Crippen LogP contribution in [0.1, 0.15) is 29.0 Å². The van der Waals surface area contributed by atoms with Crippen molar-refractivity contribution in [2.45, 2.75) is 25.9 Å². The van der Waals surface area contributed by atoms with Crippen LogP contribution < -0.4 is 5.73 Å². The van der Waals surface area contributed by atoms with Gasteiger partial charge in [-0.05, 0) is 5.56 Å². The molecule has 1 aromatic carbocycles. The summed E-state index contributed by atoms with van der Waals surface area (Å²) in [7, 11) is 0. The van der Waals surface area contributed by atoms with Gasteiger partial charge in [-0.3, -0.25) is 0 Å². The maximum absolute atomic E-state index is 6.32. The fraction of sp³-hybridized carbons (Fsp3) is 0.267. The van der Waals surface area contributed by atoms with Crippen molar-refractivity contribution in [3.63, 3.8) is 0 Å². The standard InChI is InChI=1S/C15H17N5O/c1-11-18-14(19-21-11)7-8-20-10-17-9-13(20)15(16)12-5-3-2-4-6-12/h2-6,9-10,15H,7-8,16H2,1H3. The maximum Gasteiger partial charge on any atom is 0.223 e. The molecule has 2 aromatic heterocycles. The molecule has 0 fully saturated rings. The molecule has 0 radical (unpaired) electrons. The van der Waals surface area contributed by atoms with Gasteiger partial charge in [0.2, 0.25) is 5.89 Å². The molecule has 0 amide bonds. The van der Waals surface area contributed by atoms with Crippen molar-refractivity contribution in [3.05, 3.63) is 65.8 Å².